The first-order chi connectivity index (χ1) is 12.3. The van der Waals surface area contributed by atoms with Crippen molar-refractivity contribution in [1.29, 1.82) is 0 Å². The van der Waals surface area contributed by atoms with Crippen LogP contribution in [0.1, 0.15) is 84.5 Å². The molecule has 0 aromatic rings. The molecule has 25 heavy (non-hydrogen) atoms. The van der Waals surface area contributed by atoms with Crippen LogP contribution >= 0.6 is 0 Å². The third kappa shape index (κ3) is 13.7. The molecule has 4 heteroatoms. The number of ether oxygens (including phenoxy) is 4. The van der Waals surface area contributed by atoms with E-state index in [1.54, 1.807) is 0 Å². The third-order valence-corrected chi connectivity index (χ3v) is 4.89. The molecule has 150 valence electrons. The van der Waals surface area contributed by atoms with Gasteiger partial charge >= 0.3 is 0 Å². The van der Waals surface area contributed by atoms with Gasteiger partial charge in [-0.2, -0.15) is 0 Å². The second kappa shape index (κ2) is 16.0. The summed E-state index contributed by atoms with van der Waals surface area (Å²) >= 11 is 0. The molecule has 4 nitrogen and oxygen atoms in total. The summed E-state index contributed by atoms with van der Waals surface area (Å²) in [5.41, 5.74) is -0.192. The van der Waals surface area contributed by atoms with E-state index < -0.39 is 0 Å². The van der Waals surface area contributed by atoms with Crippen molar-refractivity contribution in [2.45, 2.75) is 90.1 Å². The fourth-order valence-electron chi connectivity index (χ4n) is 3.25. The Balaban J connectivity index is 2.08. The highest BCUT2D eigenvalue weighted by Crippen LogP contribution is 2.21. The Morgan fingerprint density at radius 1 is 0.600 bits per heavy atom. The van der Waals surface area contributed by atoms with Crippen LogP contribution in [0.4, 0.5) is 0 Å². The van der Waals surface area contributed by atoms with Gasteiger partial charge in [-0.3, -0.25) is 0 Å². The van der Waals surface area contributed by atoms with Crippen LogP contribution in [0.5, 0.6) is 0 Å². The van der Waals surface area contributed by atoms with Crippen LogP contribution in [-0.2, 0) is 18.9 Å². The predicted molar refractivity (Wildman–Crippen MR) is 103 cm³/mol. The number of hydrogen-bond acceptors (Lipinski definition) is 4. The number of hydrogen-bond donors (Lipinski definition) is 0. The van der Waals surface area contributed by atoms with Gasteiger partial charge in [-0.1, -0.05) is 71.1 Å². The summed E-state index contributed by atoms with van der Waals surface area (Å²) in [6.07, 6.45) is 14.7. The minimum absolute atomic E-state index is 0.192. The van der Waals surface area contributed by atoms with Crippen molar-refractivity contribution in [2.75, 3.05) is 46.2 Å². The molecule has 0 radical (unpaired) electrons. The lowest BCUT2D eigenvalue weighted by atomic mass is 9.97. The molecule has 1 aliphatic heterocycles. The van der Waals surface area contributed by atoms with Crippen LogP contribution in [0.2, 0.25) is 0 Å². The zero-order chi connectivity index (χ0) is 18.1. The molecule has 1 aliphatic rings. The highest BCUT2D eigenvalue weighted by molar-refractivity contribution is 4.75. The Morgan fingerprint density at radius 2 is 1.08 bits per heavy atom. The zero-order valence-corrected chi connectivity index (χ0v) is 16.9. The van der Waals surface area contributed by atoms with Gasteiger partial charge in [0.2, 0.25) is 0 Å². The van der Waals surface area contributed by atoms with Crippen molar-refractivity contribution < 1.29 is 18.9 Å². The van der Waals surface area contributed by atoms with Crippen molar-refractivity contribution >= 4 is 0 Å². The predicted octanol–water partition coefficient (Wildman–Crippen LogP) is 5.14. The smallest absolute Gasteiger partial charge is 0.0888 e. The maximum Gasteiger partial charge on any atom is 0.0888 e. The Labute approximate surface area is 155 Å². The Morgan fingerprint density at radius 3 is 1.68 bits per heavy atom. The molecule has 1 unspecified atom stereocenters. The van der Waals surface area contributed by atoms with E-state index in [1.807, 2.05) is 0 Å². The topological polar surface area (TPSA) is 36.9 Å². The fraction of sp³-hybridized carbons (Fsp3) is 1.00. The van der Waals surface area contributed by atoms with E-state index in [9.17, 15) is 0 Å². The van der Waals surface area contributed by atoms with Crippen molar-refractivity contribution in [3.8, 4) is 0 Å². The van der Waals surface area contributed by atoms with Gasteiger partial charge in [0, 0.05) is 0 Å². The van der Waals surface area contributed by atoms with Crippen LogP contribution in [0.3, 0.4) is 0 Å². The van der Waals surface area contributed by atoms with Crippen molar-refractivity contribution in [3.63, 3.8) is 0 Å². The Bertz CT molecular complexity index is 271. The summed E-state index contributed by atoms with van der Waals surface area (Å²) in [5.74, 6) is 0. The molecule has 0 N–H and O–H groups in total. The summed E-state index contributed by atoms with van der Waals surface area (Å²) in [5, 5.41) is 0. The summed E-state index contributed by atoms with van der Waals surface area (Å²) in [6.45, 7) is 8.92. The lowest BCUT2D eigenvalue weighted by Gasteiger charge is -2.30. The van der Waals surface area contributed by atoms with Crippen molar-refractivity contribution in [3.05, 3.63) is 0 Å². The summed E-state index contributed by atoms with van der Waals surface area (Å²) < 4.78 is 22.8. The highest BCUT2D eigenvalue weighted by Gasteiger charge is 2.25. The van der Waals surface area contributed by atoms with E-state index in [1.165, 1.54) is 64.2 Å². The van der Waals surface area contributed by atoms with Crippen LogP contribution in [0.25, 0.3) is 0 Å². The quantitative estimate of drug-likeness (QED) is 0.479. The van der Waals surface area contributed by atoms with Crippen LogP contribution in [0, 0.1) is 0 Å². The maximum absolute atomic E-state index is 6.09. The molecule has 0 bridgehead atoms. The standard InChI is InChI=1S/C21H42O4/c1-3-4-5-6-7-8-9-10-11-12-13-21(2)20-24-17-16-22-14-15-23-18-19-25-21/h3-20H2,1-2H3. The van der Waals surface area contributed by atoms with Gasteiger partial charge in [-0.15, -0.1) is 0 Å². The first-order valence-electron chi connectivity index (χ1n) is 10.6. The second-order valence-electron chi connectivity index (χ2n) is 7.51. The van der Waals surface area contributed by atoms with E-state index in [4.69, 9.17) is 18.9 Å². The van der Waals surface area contributed by atoms with Gasteiger partial charge in [-0.05, 0) is 13.3 Å². The average molecular weight is 359 g/mol. The molecule has 1 rings (SSSR count). The second-order valence-corrected chi connectivity index (χ2v) is 7.51. The van der Waals surface area contributed by atoms with Gasteiger partial charge < -0.3 is 18.9 Å². The Kier molecular flexibility index (Phi) is 14.7. The monoisotopic (exact) mass is 358 g/mol. The molecule has 0 amide bonds. The van der Waals surface area contributed by atoms with Crippen molar-refractivity contribution in [1.82, 2.24) is 0 Å². The first-order valence-corrected chi connectivity index (χ1v) is 10.6. The molecule has 1 saturated heterocycles. The minimum Gasteiger partial charge on any atom is -0.377 e. The highest BCUT2D eigenvalue weighted by atomic mass is 16.6. The molecular formula is C21H42O4. The number of unbranched alkanes of at least 4 members (excludes halogenated alkanes) is 9. The summed E-state index contributed by atoms with van der Waals surface area (Å²) in [7, 11) is 0. The molecule has 1 heterocycles. The van der Waals surface area contributed by atoms with Crippen LogP contribution in [0.15, 0.2) is 0 Å². The van der Waals surface area contributed by atoms with Gasteiger partial charge in [0.05, 0.1) is 51.8 Å². The molecule has 1 atom stereocenters. The van der Waals surface area contributed by atoms with Gasteiger partial charge in [0.25, 0.3) is 0 Å². The molecule has 0 aromatic carbocycles. The van der Waals surface area contributed by atoms with Gasteiger partial charge in [0.1, 0.15) is 0 Å². The van der Waals surface area contributed by atoms with E-state index in [2.05, 4.69) is 13.8 Å². The zero-order valence-electron chi connectivity index (χ0n) is 16.9. The number of rotatable bonds is 11. The van der Waals surface area contributed by atoms with Gasteiger partial charge in [-0.25, -0.2) is 0 Å². The molecular weight excluding hydrogens is 316 g/mol. The molecule has 0 saturated carbocycles. The summed E-state index contributed by atoms with van der Waals surface area (Å²) in [4.78, 5) is 0. The van der Waals surface area contributed by atoms with E-state index in [0.29, 0.717) is 46.2 Å². The van der Waals surface area contributed by atoms with Crippen LogP contribution < -0.4 is 0 Å². The largest absolute Gasteiger partial charge is 0.377 e. The molecule has 1 fully saturated rings. The normalized spacial score (nSPS) is 23.8. The minimum atomic E-state index is -0.192. The van der Waals surface area contributed by atoms with E-state index in [-0.39, 0.29) is 5.60 Å². The SMILES string of the molecule is CCCCCCCCCCCCC1(C)COCCOCCOCCO1. The maximum atomic E-state index is 6.09. The van der Waals surface area contributed by atoms with E-state index in [0.717, 1.165) is 6.42 Å². The van der Waals surface area contributed by atoms with Gasteiger partial charge in [0.15, 0.2) is 0 Å². The third-order valence-electron chi connectivity index (χ3n) is 4.89. The molecule has 0 aromatic heterocycles. The van der Waals surface area contributed by atoms with Crippen molar-refractivity contribution in [2.24, 2.45) is 0 Å². The van der Waals surface area contributed by atoms with Crippen LogP contribution in [-0.4, -0.2) is 51.8 Å². The molecule has 0 spiro atoms. The first kappa shape index (κ1) is 22.9. The lowest BCUT2D eigenvalue weighted by molar-refractivity contribution is -0.119. The Hall–Kier alpha value is -0.160. The average Bonchev–Trinajstić information content (AvgIpc) is 2.60. The lowest BCUT2D eigenvalue weighted by Crippen LogP contribution is -2.36. The summed E-state index contributed by atoms with van der Waals surface area (Å²) in [6, 6.07) is 0. The molecule has 0 aliphatic carbocycles. The fourth-order valence-corrected chi connectivity index (χ4v) is 3.25. The van der Waals surface area contributed by atoms with E-state index >= 15 is 0 Å².